The Bertz CT molecular complexity index is 1120. The van der Waals surface area contributed by atoms with Gasteiger partial charge in [0.05, 0.1) is 23.6 Å². The molecule has 0 spiro atoms. The van der Waals surface area contributed by atoms with Gasteiger partial charge in [0.1, 0.15) is 11.4 Å². The lowest BCUT2D eigenvalue weighted by Crippen LogP contribution is -2.47. The summed E-state index contributed by atoms with van der Waals surface area (Å²) >= 11 is 0. The molecule has 1 unspecified atom stereocenters. The van der Waals surface area contributed by atoms with Gasteiger partial charge in [-0.15, -0.1) is 0 Å². The van der Waals surface area contributed by atoms with Gasteiger partial charge in [-0.1, -0.05) is 6.08 Å². The number of nitrogens with one attached hydrogen (secondary N) is 1. The average molecular weight is 399 g/mol. The number of hydrogen-bond donors (Lipinski definition) is 2. The van der Waals surface area contributed by atoms with Crippen molar-refractivity contribution in [3.05, 3.63) is 45.5 Å². The Morgan fingerprint density at radius 3 is 2.83 bits per heavy atom. The number of halogens is 1. The number of benzene rings is 1. The zero-order valence-electron chi connectivity index (χ0n) is 16.1. The van der Waals surface area contributed by atoms with Crippen LogP contribution in [0.1, 0.15) is 34.8 Å². The van der Waals surface area contributed by atoms with Crippen molar-refractivity contribution < 1.29 is 19.0 Å². The SMILES string of the molecule is COc1c(C2=CC3CNCCN3C2)c(F)cc2c(=O)c(C(=O)O)cn(C3CC3)c12. The monoisotopic (exact) mass is 399 g/mol. The number of aromatic nitrogens is 1. The lowest BCUT2D eigenvalue weighted by Gasteiger charge is -2.29. The highest BCUT2D eigenvalue weighted by molar-refractivity contribution is 5.97. The van der Waals surface area contributed by atoms with Gasteiger partial charge in [0.25, 0.3) is 0 Å². The highest BCUT2D eigenvalue weighted by Gasteiger charge is 2.33. The number of aromatic carboxylic acids is 1. The third kappa shape index (κ3) is 2.86. The number of nitrogens with zero attached hydrogens (tertiary/aromatic N) is 2. The molecule has 0 radical (unpaired) electrons. The summed E-state index contributed by atoms with van der Waals surface area (Å²) in [6, 6.07) is 1.48. The maximum Gasteiger partial charge on any atom is 0.341 e. The Balaban J connectivity index is 1.78. The van der Waals surface area contributed by atoms with Crippen LogP contribution < -0.4 is 15.5 Å². The minimum atomic E-state index is -1.31. The molecule has 3 aliphatic rings. The van der Waals surface area contributed by atoms with Gasteiger partial charge in [-0.3, -0.25) is 9.69 Å². The van der Waals surface area contributed by atoms with Crippen LogP contribution in [0.4, 0.5) is 4.39 Å². The van der Waals surface area contributed by atoms with E-state index in [9.17, 15) is 14.7 Å². The molecule has 1 aromatic heterocycles. The molecule has 1 saturated heterocycles. The van der Waals surface area contributed by atoms with E-state index in [4.69, 9.17) is 4.74 Å². The van der Waals surface area contributed by atoms with Crippen LogP contribution in [0, 0.1) is 5.82 Å². The van der Waals surface area contributed by atoms with Crippen molar-refractivity contribution in [3.63, 3.8) is 0 Å². The first-order valence-electron chi connectivity index (χ1n) is 9.84. The van der Waals surface area contributed by atoms with Crippen LogP contribution in [0.25, 0.3) is 16.5 Å². The summed E-state index contributed by atoms with van der Waals surface area (Å²) < 4.78 is 22.7. The number of fused-ring (bicyclic) bond motifs is 2. The lowest BCUT2D eigenvalue weighted by atomic mass is 9.99. The van der Waals surface area contributed by atoms with Crippen LogP contribution in [0.3, 0.4) is 0 Å². The number of carbonyl (C=O) groups is 1. The molecular weight excluding hydrogens is 377 g/mol. The standard InChI is InChI=1S/C21H22FN3O4/c1-29-20-17(11-6-13-8-23-4-5-24(13)9-11)16(22)7-14-18(20)25(12-2-3-12)10-15(19(14)26)21(27)28/h6-7,10,12-13,23H,2-5,8-9H2,1H3,(H,27,28). The van der Waals surface area contributed by atoms with Gasteiger partial charge in [-0.25, -0.2) is 9.18 Å². The second-order valence-electron chi connectivity index (χ2n) is 7.91. The first kappa shape index (κ1) is 18.3. The molecule has 1 aliphatic carbocycles. The topological polar surface area (TPSA) is 83.8 Å². The van der Waals surface area contributed by atoms with Gasteiger partial charge < -0.3 is 19.7 Å². The minimum absolute atomic E-state index is 0.0490. The van der Waals surface area contributed by atoms with Crippen molar-refractivity contribution in [1.29, 1.82) is 0 Å². The van der Waals surface area contributed by atoms with E-state index < -0.39 is 17.2 Å². The molecule has 0 bridgehead atoms. The predicted octanol–water partition coefficient (Wildman–Crippen LogP) is 1.85. The highest BCUT2D eigenvalue weighted by atomic mass is 19.1. The van der Waals surface area contributed by atoms with Gasteiger partial charge in [0.2, 0.25) is 5.43 Å². The van der Waals surface area contributed by atoms with Crippen LogP contribution in [0.5, 0.6) is 5.75 Å². The first-order valence-corrected chi connectivity index (χ1v) is 9.84. The number of carboxylic acid groups (broad SMARTS) is 1. The number of rotatable bonds is 4. The molecule has 2 aromatic rings. The van der Waals surface area contributed by atoms with Crippen LogP contribution in [0.2, 0.25) is 0 Å². The summed E-state index contributed by atoms with van der Waals surface area (Å²) in [7, 11) is 1.47. The second kappa shape index (κ2) is 6.67. The zero-order chi connectivity index (χ0) is 20.3. The number of hydrogen-bond acceptors (Lipinski definition) is 5. The summed E-state index contributed by atoms with van der Waals surface area (Å²) in [6.45, 7) is 3.22. The molecule has 2 fully saturated rings. The molecular formula is C21H22FN3O4. The second-order valence-corrected chi connectivity index (χ2v) is 7.91. The normalized spacial score (nSPS) is 21.9. The van der Waals surface area contributed by atoms with E-state index in [-0.39, 0.29) is 23.0 Å². The van der Waals surface area contributed by atoms with Crippen LogP contribution in [-0.2, 0) is 0 Å². The lowest BCUT2D eigenvalue weighted by molar-refractivity contribution is 0.0695. The number of methoxy groups -OCH3 is 1. The zero-order valence-corrected chi connectivity index (χ0v) is 16.1. The molecule has 1 saturated carbocycles. The number of piperazine rings is 1. The van der Waals surface area contributed by atoms with Gasteiger partial charge >= 0.3 is 5.97 Å². The fourth-order valence-electron chi connectivity index (χ4n) is 4.54. The fraction of sp³-hybridized carbons (Fsp3) is 0.429. The fourth-order valence-corrected chi connectivity index (χ4v) is 4.54. The summed E-state index contributed by atoms with van der Waals surface area (Å²) in [5, 5.41) is 12.8. The number of carboxylic acids is 1. The van der Waals surface area contributed by atoms with Gasteiger partial charge in [-0.2, -0.15) is 0 Å². The van der Waals surface area contributed by atoms with Gasteiger partial charge in [0, 0.05) is 44.5 Å². The Kier molecular flexibility index (Phi) is 4.22. The third-order valence-corrected chi connectivity index (χ3v) is 6.08. The molecule has 29 heavy (non-hydrogen) atoms. The van der Waals surface area contributed by atoms with Crippen molar-refractivity contribution in [3.8, 4) is 5.75 Å². The Morgan fingerprint density at radius 1 is 1.38 bits per heavy atom. The summed E-state index contributed by atoms with van der Waals surface area (Å²) in [5.74, 6) is -1.56. The molecule has 1 aromatic carbocycles. The van der Waals surface area contributed by atoms with Crippen molar-refractivity contribution in [2.75, 3.05) is 33.3 Å². The van der Waals surface area contributed by atoms with E-state index in [0.29, 0.717) is 23.4 Å². The van der Waals surface area contributed by atoms with Gasteiger partial charge in [0.15, 0.2) is 5.75 Å². The minimum Gasteiger partial charge on any atom is -0.494 e. The Hall–Kier alpha value is -2.71. The van der Waals surface area contributed by atoms with E-state index in [1.54, 1.807) is 4.57 Å². The maximum atomic E-state index is 15.3. The Morgan fingerprint density at radius 2 is 2.17 bits per heavy atom. The van der Waals surface area contributed by atoms with Crippen molar-refractivity contribution in [1.82, 2.24) is 14.8 Å². The van der Waals surface area contributed by atoms with E-state index in [0.717, 1.165) is 38.0 Å². The van der Waals surface area contributed by atoms with Crippen LogP contribution in [0.15, 0.2) is 23.1 Å². The molecule has 1 atom stereocenters. The third-order valence-electron chi connectivity index (χ3n) is 6.08. The van der Waals surface area contributed by atoms with Crippen molar-refractivity contribution in [2.45, 2.75) is 24.9 Å². The molecule has 5 rings (SSSR count). The van der Waals surface area contributed by atoms with E-state index in [1.165, 1.54) is 19.4 Å². The smallest absolute Gasteiger partial charge is 0.341 e. The number of pyridine rings is 1. The molecule has 2 aliphatic heterocycles. The van der Waals surface area contributed by atoms with E-state index >= 15 is 4.39 Å². The van der Waals surface area contributed by atoms with Crippen molar-refractivity contribution in [2.24, 2.45) is 0 Å². The Labute approximate surface area is 166 Å². The summed E-state index contributed by atoms with van der Waals surface area (Å²) in [6.07, 6.45) is 5.21. The van der Waals surface area contributed by atoms with Crippen molar-refractivity contribution >= 4 is 22.4 Å². The molecule has 8 heteroatoms. The van der Waals surface area contributed by atoms with E-state index in [1.807, 2.05) is 0 Å². The molecule has 2 N–H and O–H groups in total. The molecule has 7 nitrogen and oxygen atoms in total. The number of ether oxygens (including phenoxy) is 1. The molecule has 152 valence electrons. The highest BCUT2D eigenvalue weighted by Crippen LogP contribution is 2.43. The average Bonchev–Trinajstić information content (AvgIpc) is 3.45. The largest absolute Gasteiger partial charge is 0.494 e. The van der Waals surface area contributed by atoms with Crippen LogP contribution in [-0.4, -0.2) is 59.9 Å². The maximum absolute atomic E-state index is 15.3. The predicted molar refractivity (Wildman–Crippen MR) is 106 cm³/mol. The first-order chi connectivity index (χ1) is 14.0. The van der Waals surface area contributed by atoms with Crippen LogP contribution >= 0.6 is 0 Å². The quantitative estimate of drug-likeness (QED) is 0.817. The summed E-state index contributed by atoms with van der Waals surface area (Å²) in [5.41, 5.74) is 0.653. The molecule has 0 amide bonds. The molecule has 3 heterocycles. The summed E-state index contributed by atoms with van der Waals surface area (Å²) in [4.78, 5) is 26.6. The van der Waals surface area contributed by atoms with Gasteiger partial charge in [-0.05, 0) is 24.5 Å². The van der Waals surface area contributed by atoms with E-state index in [2.05, 4.69) is 16.3 Å².